The van der Waals surface area contributed by atoms with Crippen LogP contribution in [0.3, 0.4) is 0 Å². The van der Waals surface area contributed by atoms with Crippen molar-refractivity contribution in [2.24, 2.45) is 0 Å². The van der Waals surface area contributed by atoms with Crippen molar-refractivity contribution >= 4 is 21.8 Å². The monoisotopic (exact) mass is 408 g/mol. The fraction of sp³-hybridized carbons (Fsp3) is 0.148. The molecule has 0 saturated carbocycles. The molecule has 0 amide bonds. The molecule has 1 heterocycles. The first kappa shape index (κ1) is 19.2. The van der Waals surface area contributed by atoms with E-state index in [4.69, 9.17) is 14.5 Å². The van der Waals surface area contributed by atoms with E-state index >= 15 is 0 Å². The van der Waals surface area contributed by atoms with Crippen molar-refractivity contribution in [1.82, 2.24) is 9.55 Å². The summed E-state index contributed by atoms with van der Waals surface area (Å²) in [4.78, 5) is 4.96. The minimum absolute atomic E-state index is 0.711. The molecule has 4 heteroatoms. The summed E-state index contributed by atoms with van der Waals surface area (Å²) in [5, 5.41) is 2.51. The minimum Gasteiger partial charge on any atom is -0.493 e. The van der Waals surface area contributed by atoms with Crippen molar-refractivity contribution in [3.63, 3.8) is 0 Å². The maximum Gasteiger partial charge on any atom is 0.161 e. The number of para-hydroxylation sites is 2. The Balaban J connectivity index is 1.55. The molecule has 4 aromatic carbocycles. The van der Waals surface area contributed by atoms with Gasteiger partial charge in [0.15, 0.2) is 11.5 Å². The van der Waals surface area contributed by atoms with Crippen molar-refractivity contribution in [3.8, 4) is 11.5 Å². The van der Waals surface area contributed by atoms with E-state index in [9.17, 15) is 0 Å². The molecule has 0 N–H and O–H groups in total. The van der Waals surface area contributed by atoms with E-state index in [1.165, 1.54) is 16.3 Å². The van der Waals surface area contributed by atoms with Gasteiger partial charge in [-0.1, -0.05) is 54.6 Å². The summed E-state index contributed by atoms with van der Waals surface area (Å²) in [6.45, 7) is 0.772. The summed E-state index contributed by atoms with van der Waals surface area (Å²) in [6, 6.07) is 29.5. The third kappa shape index (κ3) is 3.73. The van der Waals surface area contributed by atoms with Gasteiger partial charge in [-0.25, -0.2) is 4.98 Å². The summed E-state index contributed by atoms with van der Waals surface area (Å²) in [7, 11) is 3.32. The van der Waals surface area contributed by atoms with Gasteiger partial charge >= 0.3 is 0 Å². The summed E-state index contributed by atoms with van der Waals surface area (Å²) in [5.74, 6) is 2.50. The van der Waals surface area contributed by atoms with Crippen LogP contribution >= 0.6 is 0 Å². The average molecular weight is 409 g/mol. The smallest absolute Gasteiger partial charge is 0.161 e. The van der Waals surface area contributed by atoms with Gasteiger partial charge in [0.1, 0.15) is 5.82 Å². The minimum atomic E-state index is 0.711. The van der Waals surface area contributed by atoms with Gasteiger partial charge in [0.2, 0.25) is 0 Å². The van der Waals surface area contributed by atoms with Gasteiger partial charge in [-0.2, -0.15) is 0 Å². The van der Waals surface area contributed by atoms with Crippen LogP contribution in [0.2, 0.25) is 0 Å². The Morgan fingerprint density at radius 3 is 2.29 bits per heavy atom. The SMILES string of the molecule is COc1ccc(Cc2nc3ccccc3n2Cc2ccc3ccccc3c2)cc1OC. The zero-order valence-corrected chi connectivity index (χ0v) is 17.7. The third-order valence-electron chi connectivity index (χ3n) is 5.70. The van der Waals surface area contributed by atoms with E-state index in [-0.39, 0.29) is 0 Å². The summed E-state index contributed by atoms with van der Waals surface area (Å²) < 4.78 is 13.2. The first-order valence-electron chi connectivity index (χ1n) is 10.4. The fourth-order valence-corrected chi connectivity index (χ4v) is 4.13. The van der Waals surface area contributed by atoms with Crippen LogP contribution < -0.4 is 9.47 Å². The molecule has 5 aromatic rings. The predicted octanol–water partition coefficient (Wildman–Crippen LogP) is 5.85. The Kier molecular flexibility index (Phi) is 5.04. The molecule has 0 aliphatic rings. The third-order valence-corrected chi connectivity index (χ3v) is 5.70. The molecule has 5 rings (SSSR count). The highest BCUT2D eigenvalue weighted by Crippen LogP contribution is 2.29. The zero-order valence-electron chi connectivity index (χ0n) is 17.7. The van der Waals surface area contributed by atoms with Crippen LogP contribution in [0.25, 0.3) is 21.8 Å². The maximum atomic E-state index is 5.49. The highest BCUT2D eigenvalue weighted by Gasteiger charge is 2.13. The number of nitrogens with zero attached hydrogens (tertiary/aromatic N) is 2. The molecule has 31 heavy (non-hydrogen) atoms. The maximum absolute atomic E-state index is 5.49. The number of ether oxygens (including phenoxy) is 2. The second-order valence-electron chi connectivity index (χ2n) is 7.65. The number of hydrogen-bond acceptors (Lipinski definition) is 3. The molecule has 0 saturated heterocycles. The van der Waals surface area contributed by atoms with Crippen LogP contribution in [0.4, 0.5) is 0 Å². The first-order chi connectivity index (χ1) is 15.2. The van der Waals surface area contributed by atoms with Crippen LogP contribution in [0.1, 0.15) is 17.0 Å². The van der Waals surface area contributed by atoms with E-state index in [1.807, 2.05) is 18.2 Å². The molecule has 0 aliphatic carbocycles. The topological polar surface area (TPSA) is 36.3 Å². The van der Waals surface area contributed by atoms with Crippen molar-refractivity contribution in [1.29, 1.82) is 0 Å². The molecule has 0 atom stereocenters. The molecule has 1 aromatic heterocycles. The Bertz CT molecular complexity index is 1370. The number of imidazole rings is 1. The lowest BCUT2D eigenvalue weighted by molar-refractivity contribution is 0.354. The van der Waals surface area contributed by atoms with E-state index < -0.39 is 0 Å². The molecule has 0 radical (unpaired) electrons. The van der Waals surface area contributed by atoms with Crippen LogP contribution in [0, 0.1) is 0 Å². The molecular weight excluding hydrogens is 384 g/mol. The van der Waals surface area contributed by atoms with Crippen LogP contribution in [-0.2, 0) is 13.0 Å². The zero-order chi connectivity index (χ0) is 21.2. The van der Waals surface area contributed by atoms with Gasteiger partial charge in [0.25, 0.3) is 0 Å². The Morgan fingerprint density at radius 1 is 0.710 bits per heavy atom. The number of hydrogen-bond donors (Lipinski definition) is 0. The molecule has 0 unspecified atom stereocenters. The average Bonchev–Trinajstić information content (AvgIpc) is 3.15. The molecule has 0 bridgehead atoms. The molecule has 4 nitrogen and oxygen atoms in total. The number of aromatic nitrogens is 2. The summed E-state index contributed by atoms with van der Waals surface area (Å²) in [5.41, 5.74) is 4.55. The molecule has 0 spiro atoms. The van der Waals surface area contributed by atoms with Gasteiger partial charge in [-0.05, 0) is 52.2 Å². The summed E-state index contributed by atoms with van der Waals surface area (Å²) >= 11 is 0. The van der Waals surface area contributed by atoms with Gasteiger partial charge < -0.3 is 14.0 Å². The lowest BCUT2D eigenvalue weighted by Crippen LogP contribution is -2.06. The standard InChI is InChI=1S/C27H24N2O2/c1-30-25-14-12-19(16-26(25)31-2)17-27-28-23-9-5-6-10-24(23)29(27)18-20-11-13-21-7-3-4-8-22(21)15-20/h3-16H,17-18H2,1-2H3. The number of fused-ring (bicyclic) bond motifs is 2. The van der Waals surface area contributed by atoms with E-state index in [0.29, 0.717) is 6.42 Å². The van der Waals surface area contributed by atoms with Gasteiger partial charge in [0, 0.05) is 13.0 Å². The van der Waals surface area contributed by atoms with E-state index in [2.05, 4.69) is 71.3 Å². The first-order valence-corrected chi connectivity index (χ1v) is 10.4. The van der Waals surface area contributed by atoms with Crippen LogP contribution in [0.5, 0.6) is 11.5 Å². The van der Waals surface area contributed by atoms with Gasteiger partial charge in [0.05, 0.1) is 25.3 Å². The normalized spacial score (nSPS) is 11.2. The van der Waals surface area contributed by atoms with Crippen LogP contribution in [-0.4, -0.2) is 23.8 Å². The fourth-order valence-electron chi connectivity index (χ4n) is 4.13. The van der Waals surface area contributed by atoms with Crippen molar-refractivity contribution in [2.75, 3.05) is 14.2 Å². The van der Waals surface area contributed by atoms with Crippen molar-refractivity contribution in [3.05, 3.63) is 102 Å². The largest absolute Gasteiger partial charge is 0.493 e. The molecule has 0 fully saturated rings. The predicted molar refractivity (Wildman–Crippen MR) is 125 cm³/mol. The summed E-state index contributed by atoms with van der Waals surface area (Å²) in [6.07, 6.45) is 0.711. The second-order valence-corrected chi connectivity index (χ2v) is 7.65. The second kappa shape index (κ2) is 8.15. The quantitative estimate of drug-likeness (QED) is 0.354. The molecule has 0 aliphatic heterocycles. The lowest BCUT2D eigenvalue weighted by atomic mass is 10.1. The Labute approximate surface area is 181 Å². The Morgan fingerprint density at radius 2 is 1.45 bits per heavy atom. The molecular formula is C27H24N2O2. The van der Waals surface area contributed by atoms with Crippen LogP contribution in [0.15, 0.2) is 84.9 Å². The lowest BCUT2D eigenvalue weighted by Gasteiger charge is -2.12. The van der Waals surface area contributed by atoms with E-state index in [1.54, 1.807) is 14.2 Å². The van der Waals surface area contributed by atoms with E-state index in [0.717, 1.165) is 40.5 Å². The highest BCUT2D eigenvalue weighted by molar-refractivity contribution is 5.83. The van der Waals surface area contributed by atoms with Crippen molar-refractivity contribution in [2.45, 2.75) is 13.0 Å². The number of benzene rings is 4. The number of rotatable bonds is 6. The Hall–Kier alpha value is -3.79. The highest BCUT2D eigenvalue weighted by atomic mass is 16.5. The van der Waals surface area contributed by atoms with Gasteiger partial charge in [-0.15, -0.1) is 0 Å². The number of methoxy groups -OCH3 is 2. The van der Waals surface area contributed by atoms with Crippen molar-refractivity contribution < 1.29 is 9.47 Å². The van der Waals surface area contributed by atoms with Gasteiger partial charge in [-0.3, -0.25) is 0 Å². The molecule has 154 valence electrons.